The van der Waals surface area contributed by atoms with Gasteiger partial charge in [-0.05, 0) is 30.7 Å². The van der Waals surface area contributed by atoms with Crippen molar-refractivity contribution in [2.75, 3.05) is 11.9 Å². The van der Waals surface area contributed by atoms with Crippen molar-refractivity contribution >= 4 is 17.7 Å². The van der Waals surface area contributed by atoms with Gasteiger partial charge in [-0.1, -0.05) is 36.4 Å². The van der Waals surface area contributed by atoms with E-state index >= 15 is 0 Å². The Morgan fingerprint density at radius 1 is 1.16 bits per heavy atom. The fourth-order valence-corrected chi connectivity index (χ4v) is 3.04. The fraction of sp³-hybridized carbons (Fsp3) is 0.182. The van der Waals surface area contributed by atoms with Crippen molar-refractivity contribution in [1.29, 1.82) is 0 Å². The third kappa shape index (κ3) is 4.56. The molecule has 1 aromatic heterocycles. The Kier molecular flexibility index (Phi) is 6.06. The van der Waals surface area contributed by atoms with Gasteiger partial charge in [0.15, 0.2) is 17.9 Å². The van der Waals surface area contributed by atoms with E-state index in [0.717, 1.165) is 10.8 Å². The number of aromatic nitrogens is 2. The maximum atomic E-state index is 14.5. The molecular weight excluding hydrogens is 421 g/mol. The quantitative estimate of drug-likeness (QED) is 0.609. The molecule has 0 aliphatic carbocycles. The molecule has 0 saturated carbocycles. The maximum absolute atomic E-state index is 14.5. The Labute approximate surface area is 181 Å². The second-order valence-corrected chi connectivity index (χ2v) is 6.88. The number of anilines is 1. The minimum Gasteiger partial charge on any atom is -0.407 e. The van der Waals surface area contributed by atoms with E-state index in [4.69, 9.17) is 14.2 Å². The standard InChI is InChI=1S/C22H18FN3O6/c1-13-7-5-6-10-15(13)20(28)32-22-30-12-17(31-22)26-11-16(23)18(25-21(26)29)24-19(27)14-8-3-2-4-9-14/h2-11,17,22H,12H2,1H3,(H,24,25,27,29)/t17-,22-/m0/s1. The number of halogens is 1. The van der Waals surface area contributed by atoms with E-state index in [-0.39, 0.29) is 12.2 Å². The van der Waals surface area contributed by atoms with Gasteiger partial charge in [-0.3, -0.25) is 14.1 Å². The molecule has 1 amide bonds. The first-order valence-electron chi connectivity index (χ1n) is 9.61. The van der Waals surface area contributed by atoms with Crippen LogP contribution in [-0.2, 0) is 14.2 Å². The van der Waals surface area contributed by atoms with Gasteiger partial charge in [-0.25, -0.2) is 14.0 Å². The van der Waals surface area contributed by atoms with Gasteiger partial charge in [-0.2, -0.15) is 4.98 Å². The number of carbonyl (C=O) groups excluding carboxylic acids is 2. The van der Waals surface area contributed by atoms with Gasteiger partial charge in [0.25, 0.3) is 5.91 Å². The molecule has 0 spiro atoms. The van der Waals surface area contributed by atoms with Crippen molar-refractivity contribution in [3.8, 4) is 0 Å². The highest BCUT2D eigenvalue weighted by atomic mass is 19.1. The first-order valence-corrected chi connectivity index (χ1v) is 9.61. The Morgan fingerprint density at radius 2 is 1.88 bits per heavy atom. The van der Waals surface area contributed by atoms with Crippen LogP contribution in [0.1, 0.15) is 32.5 Å². The highest BCUT2D eigenvalue weighted by molar-refractivity contribution is 6.03. The van der Waals surface area contributed by atoms with Gasteiger partial charge in [0, 0.05) is 5.56 Å². The van der Waals surface area contributed by atoms with Gasteiger partial charge in [0.2, 0.25) is 0 Å². The summed E-state index contributed by atoms with van der Waals surface area (Å²) >= 11 is 0. The summed E-state index contributed by atoms with van der Waals surface area (Å²) in [5, 5.41) is 2.26. The van der Waals surface area contributed by atoms with Crippen molar-refractivity contribution < 1.29 is 28.2 Å². The zero-order chi connectivity index (χ0) is 22.7. The zero-order valence-electron chi connectivity index (χ0n) is 16.9. The zero-order valence-corrected chi connectivity index (χ0v) is 16.9. The van der Waals surface area contributed by atoms with Crippen molar-refractivity contribution in [3.05, 3.63) is 93.8 Å². The molecule has 1 aliphatic heterocycles. The van der Waals surface area contributed by atoms with Gasteiger partial charge >= 0.3 is 18.1 Å². The molecule has 0 unspecified atom stereocenters. The van der Waals surface area contributed by atoms with E-state index < -0.39 is 41.9 Å². The molecule has 1 N–H and O–H groups in total. The lowest BCUT2D eigenvalue weighted by Crippen LogP contribution is -2.31. The minimum absolute atomic E-state index is 0.178. The SMILES string of the molecule is Cc1ccccc1C(=O)O[C@H]1OC[C@@H](n2cc(F)c(NC(=O)c3ccccc3)nc2=O)O1. The fourth-order valence-electron chi connectivity index (χ4n) is 3.04. The van der Waals surface area contributed by atoms with Gasteiger partial charge in [0.05, 0.1) is 18.4 Å². The van der Waals surface area contributed by atoms with E-state index in [9.17, 15) is 18.8 Å². The Morgan fingerprint density at radius 3 is 2.62 bits per heavy atom. The van der Waals surface area contributed by atoms with Crippen molar-refractivity contribution in [1.82, 2.24) is 9.55 Å². The first kappa shape index (κ1) is 21.3. The largest absolute Gasteiger partial charge is 0.407 e. The van der Waals surface area contributed by atoms with E-state index in [2.05, 4.69) is 10.3 Å². The van der Waals surface area contributed by atoms with Crippen LogP contribution >= 0.6 is 0 Å². The molecule has 164 valence electrons. The number of rotatable bonds is 5. The molecule has 0 radical (unpaired) electrons. The molecule has 32 heavy (non-hydrogen) atoms. The van der Waals surface area contributed by atoms with Crippen LogP contribution in [0.15, 0.2) is 65.6 Å². The second kappa shape index (κ2) is 9.08. The summed E-state index contributed by atoms with van der Waals surface area (Å²) < 4.78 is 31.2. The molecular formula is C22H18FN3O6. The Balaban J connectivity index is 1.44. The number of carbonyl (C=O) groups is 2. The number of hydrogen-bond acceptors (Lipinski definition) is 7. The predicted molar refractivity (Wildman–Crippen MR) is 109 cm³/mol. The van der Waals surface area contributed by atoms with Crippen LogP contribution in [0.3, 0.4) is 0 Å². The summed E-state index contributed by atoms with van der Waals surface area (Å²) in [7, 11) is 0. The lowest BCUT2D eigenvalue weighted by molar-refractivity contribution is -0.212. The number of nitrogens with zero attached hydrogens (tertiary/aromatic N) is 2. The topological polar surface area (TPSA) is 109 Å². The summed E-state index contributed by atoms with van der Waals surface area (Å²) in [6.45, 7) is 0.198. The number of nitrogens with one attached hydrogen (secondary N) is 1. The summed E-state index contributed by atoms with van der Waals surface area (Å²) in [6.07, 6.45) is -0.228. The number of ether oxygens (including phenoxy) is 3. The lowest BCUT2D eigenvalue weighted by Gasteiger charge is -2.15. The smallest absolute Gasteiger partial charge is 0.351 e. The molecule has 0 bridgehead atoms. The number of hydrogen-bond donors (Lipinski definition) is 1. The van der Waals surface area contributed by atoms with E-state index in [1.165, 1.54) is 12.1 Å². The predicted octanol–water partition coefficient (Wildman–Crippen LogP) is 2.63. The number of amides is 1. The van der Waals surface area contributed by atoms with Crippen LogP contribution in [0, 0.1) is 12.7 Å². The molecule has 1 fully saturated rings. The molecule has 9 nitrogen and oxygen atoms in total. The van der Waals surface area contributed by atoms with Crippen LogP contribution in [0.25, 0.3) is 0 Å². The summed E-state index contributed by atoms with van der Waals surface area (Å²) in [5.74, 6) is -2.73. The van der Waals surface area contributed by atoms with Crippen molar-refractivity contribution in [2.45, 2.75) is 19.6 Å². The number of esters is 1. The van der Waals surface area contributed by atoms with Crippen molar-refractivity contribution in [2.24, 2.45) is 0 Å². The molecule has 10 heteroatoms. The number of benzene rings is 2. The van der Waals surface area contributed by atoms with Crippen LogP contribution in [-0.4, -0.2) is 34.5 Å². The van der Waals surface area contributed by atoms with Crippen molar-refractivity contribution in [3.63, 3.8) is 0 Å². The van der Waals surface area contributed by atoms with Crippen LogP contribution < -0.4 is 11.0 Å². The average Bonchev–Trinajstić information content (AvgIpc) is 3.25. The monoisotopic (exact) mass is 439 g/mol. The molecule has 2 atom stereocenters. The summed E-state index contributed by atoms with van der Waals surface area (Å²) in [5.41, 5.74) is 0.451. The average molecular weight is 439 g/mol. The second-order valence-electron chi connectivity index (χ2n) is 6.88. The molecule has 1 aliphatic rings. The highest BCUT2D eigenvalue weighted by Crippen LogP contribution is 2.23. The third-order valence-corrected chi connectivity index (χ3v) is 4.70. The molecule has 4 rings (SSSR count). The third-order valence-electron chi connectivity index (χ3n) is 4.70. The van der Waals surface area contributed by atoms with Crippen LogP contribution in [0.5, 0.6) is 0 Å². The van der Waals surface area contributed by atoms with E-state index in [0.29, 0.717) is 11.1 Å². The van der Waals surface area contributed by atoms with Crippen LogP contribution in [0.4, 0.5) is 10.2 Å². The molecule has 1 saturated heterocycles. The lowest BCUT2D eigenvalue weighted by atomic mass is 10.1. The first-order chi connectivity index (χ1) is 15.4. The van der Waals surface area contributed by atoms with Crippen LogP contribution in [0.2, 0.25) is 0 Å². The maximum Gasteiger partial charge on any atom is 0.351 e. The summed E-state index contributed by atoms with van der Waals surface area (Å²) in [4.78, 5) is 40.4. The minimum atomic E-state index is -1.38. The highest BCUT2D eigenvalue weighted by Gasteiger charge is 2.32. The molecule has 2 heterocycles. The number of aryl methyl sites for hydroxylation is 1. The van der Waals surface area contributed by atoms with Gasteiger partial charge < -0.3 is 14.8 Å². The molecule has 2 aromatic carbocycles. The van der Waals surface area contributed by atoms with E-state index in [1.807, 2.05) is 0 Å². The Hall–Kier alpha value is -3.89. The summed E-state index contributed by atoms with van der Waals surface area (Å²) in [6, 6.07) is 14.9. The van der Waals surface area contributed by atoms with Gasteiger partial charge in [0.1, 0.15) is 0 Å². The van der Waals surface area contributed by atoms with E-state index in [1.54, 1.807) is 49.4 Å². The molecule has 3 aromatic rings. The normalized spacial score (nSPS) is 17.7. The van der Waals surface area contributed by atoms with Gasteiger partial charge in [-0.15, -0.1) is 0 Å². The Bertz CT molecular complexity index is 1210.